The summed E-state index contributed by atoms with van der Waals surface area (Å²) in [6.07, 6.45) is 0. The van der Waals surface area contributed by atoms with Crippen LogP contribution in [0.1, 0.15) is 44.5 Å². The summed E-state index contributed by atoms with van der Waals surface area (Å²) < 4.78 is 0. The molecule has 1 aromatic heterocycles. The minimum absolute atomic E-state index is 0.486. The highest BCUT2D eigenvalue weighted by Crippen LogP contribution is 2.65. The number of hydrogen-bond acceptors (Lipinski definition) is 2. The predicted molar refractivity (Wildman–Crippen MR) is 253 cm³/mol. The van der Waals surface area contributed by atoms with Crippen LogP contribution in [-0.4, -0.2) is 9.97 Å². The molecule has 0 spiro atoms. The molecule has 0 radical (unpaired) electrons. The zero-order valence-corrected chi connectivity index (χ0v) is 34.0. The molecule has 0 aliphatic heterocycles. The SMILES string of the molecule is c1ccc(-c2ccc(-c3cc(-c4ccccc4)nc(-c4ccc(C5(c6ccccc6)c6ccccc6C6(c7ccccc7)c7ccccc7-c7cccc5c76)cc4)n3)cc2)cc1. The van der Waals surface area contributed by atoms with Crippen LogP contribution in [0.3, 0.4) is 0 Å². The molecule has 9 aromatic carbocycles. The van der Waals surface area contributed by atoms with Gasteiger partial charge in [-0.05, 0) is 72.8 Å². The van der Waals surface area contributed by atoms with Crippen molar-refractivity contribution in [3.63, 3.8) is 0 Å². The average molecular weight is 789 g/mol. The minimum atomic E-state index is -0.625. The quantitative estimate of drug-likeness (QED) is 0.161. The molecular weight excluding hydrogens is 749 g/mol. The summed E-state index contributed by atoms with van der Waals surface area (Å²) >= 11 is 0. The summed E-state index contributed by atoms with van der Waals surface area (Å²) in [5.41, 5.74) is 19.0. The van der Waals surface area contributed by atoms with Gasteiger partial charge in [0.1, 0.15) is 0 Å². The third kappa shape index (κ3) is 5.30. The Bertz CT molecular complexity index is 3250. The second kappa shape index (κ2) is 14.4. The highest BCUT2D eigenvalue weighted by atomic mass is 14.9. The van der Waals surface area contributed by atoms with Gasteiger partial charge in [0.2, 0.25) is 0 Å². The zero-order chi connectivity index (χ0) is 41.1. The van der Waals surface area contributed by atoms with E-state index in [1.807, 2.05) is 6.07 Å². The van der Waals surface area contributed by atoms with Gasteiger partial charge >= 0.3 is 0 Å². The molecule has 0 bridgehead atoms. The third-order valence-electron chi connectivity index (χ3n) is 13.3. The van der Waals surface area contributed by atoms with Crippen molar-refractivity contribution in [2.24, 2.45) is 0 Å². The van der Waals surface area contributed by atoms with Gasteiger partial charge in [-0.1, -0.05) is 237 Å². The number of rotatable bonds is 7. The van der Waals surface area contributed by atoms with E-state index in [0.717, 1.165) is 28.1 Å². The van der Waals surface area contributed by atoms with E-state index < -0.39 is 10.8 Å². The fraction of sp³-hybridized carbons (Fsp3) is 0.0333. The Labute approximate surface area is 362 Å². The van der Waals surface area contributed by atoms with Crippen LogP contribution in [-0.2, 0) is 10.8 Å². The highest BCUT2D eigenvalue weighted by Gasteiger charge is 2.57. The lowest BCUT2D eigenvalue weighted by atomic mass is 9.52. The number of benzene rings is 9. The van der Waals surface area contributed by atoms with Crippen LogP contribution in [0.15, 0.2) is 243 Å². The average Bonchev–Trinajstić information content (AvgIpc) is 3.67. The fourth-order valence-electron chi connectivity index (χ4n) is 10.7. The number of fused-ring (bicyclic) bond motifs is 5. The number of nitrogens with zero attached hydrogens (tertiary/aromatic N) is 2. The topological polar surface area (TPSA) is 25.8 Å². The molecule has 2 aliphatic rings. The van der Waals surface area contributed by atoms with E-state index in [2.05, 4.69) is 237 Å². The molecule has 2 atom stereocenters. The Hall–Kier alpha value is -7.94. The van der Waals surface area contributed by atoms with Crippen molar-refractivity contribution >= 4 is 0 Å². The first-order chi connectivity index (χ1) is 30.7. The molecule has 0 N–H and O–H groups in total. The van der Waals surface area contributed by atoms with Gasteiger partial charge < -0.3 is 0 Å². The Morgan fingerprint density at radius 3 is 1.29 bits per heavy atom. The minimum Gasteiger partial charge on any atom is -0.228 e. The standard InChI is InChI=1S/C60H40N2/c1-5-18-41(19-6-1)42-32-34-44(35-33-42)56-40-55(43-20-7-2-8-21-43)61-58(62-56)45-36-38-48(39-37-45)59(46-22-9-3-10-23-46)52-29-15-16-30-53(52)60(47-24-11-4-12-25-47)51-28-14-13-26-49(51)50-27-17-31-54(59)57(50)60/h1-40H. The van der Waals surface area contributed by atoms with Crippen LogP contribution in [0.4, 0.5) is 0 Å². The molecule has 2 heteroatoms. The highest BCUT2D eigenvalue weighted by molar-refractivity contribution is 5.92. The van der Waals surface area contributed by atoms with Crippen LogP contribution in [0, 0.1) is 0 Å². The maximum absolute atomic E-state index is 5.28. The maximum Gasteiger partial charge on any atom is 0.160 e. The Kier molecular flexibility index (Phi) is 8.33. The lowest BCUT2D eigenvalue weighted by Crippen LogP contribution is -2.44. The summed E-state index contributed by atoms with van der Waals surface area (Å²) in [5.74, 6) is 0.692. The second-order valence-electron chi connectivity index (χ2n) is 16.4. The zero-order valence-electron chi connectivity index (χ0n) is 34.0. The van der Waals surface area contributed by atoms with E-state index in [9.17, 15) is 0 Å². The molecule has 0 saturated carbocycles. The molecule has 290 valence electrons. The van der Waals surface area contributed by atoms with Gasteiger partial charge in [-0.25, -0.2) is 9.97 Å². The molecular formula is C60H40N2. The lowest BCUT2D eigenvalue weighted by molar-refractivity contribution is 0.627. The van der Waals surface area contributed by atoms with Gasteiger partial charge in [-0.15, -0.1) is 0 Å². The van der Waals surface area contributed by atoms with Crippen molar-refractivity contribution < 1.29 is 0 Å². The van der Waals surface area contributed by atoms with Crippen molar-refractivity contribution in [2.75, 3.05) is 0 Å². The van der Waals surface area contributed by atoms with Gasteiger partial charge in [0.15, 0.2) is 5.82 Å². The third-order valence-corrected chi connectivity index (χ3v) is 13.3. The van der Waals surface area contributed by atoms with E-state index in [1.54, 1.807) is 0 Å². The van der Waals surface area contributed by atoms with Gasteiger partial charge in [0.05, 0.1) is 22.2 Å². The van der Waals surface area contributed by atoms with Crippen LogP contribution in [0.5, 0.6) is 0 Å². The van der Waals surface area contributed by atoms with Crippen LogP contribution < -0.4 is 0 Å². The monoisotopic (exact) mass is 788 g/mol. The van der Waals surface area contributed by atoms with E-state index in [0.29, 0.717) is 5.82 Å². The smallest absolute Gasteiger partial charge is 0.160 e. The fourth-order valence-corrected chi connectivity index (χ4v) is 10.7. The summed E-state index contributed by atoms with van der Waals surface area (Å²) in [7, 11) is 0. The largest absolute Gasteiger partial charge is 0.228 e. The molecule has 0 fully saturated rings. The van der Waals surface area contributed by atoms with E-state index in [1.165, 1.54) is 66.8 Å². The van der Waals surface area contributed by atoms with E-state index >= 15 is 0 Å². The molecule has 62 heavy (non-hydrogen) atoms. The predicted octanol–water partition coefficient (Wildman–Crippen LogP) is 14.2. The Morgan fingerprint density at radius 1 is 0.258 bits per heavy atom. The van der Waals surface area contributed by atoms with Crippen molar-refractivity contribution in [3.05, 3.63) is 287 Å². The van der Waals surface area contributed by atoms with Gasteiger partial charge in [0, 0.05) is 16.7 Å². The van der Waals surface area contributed by atoms with Crippen molar-refractivity contribution in [1.82, 2.24) is 9.97 Å². The second-order valence-corrected chi connectivity index (χ2v) is 16.4. The number of hydrogen-bond donors (Lipinski definition) is 0. The molecule has 10 aromatic rings. The number of aromatic nitrogens is 2. The normalized spacial score (nSPS) is 16.8. The molecule has 12 rings (SSSR count). The lowest BCUT2D eigenvalue weighted by Gasteiger charge is -2.49. The molecule has 2 aliphatic carbocycles. The van der Waals surface area contributed by atoms with Crippen molar-refractivity contribution in [1.29, 1.82) is 0 Å². The van der Waals surface area contributed by atoms with E-state index in [4.69, 9.17) is 9.97 Å². The summed E-state index contributed by atoms with van der Waals surface area (Å²) in [4.78, 5) is 10.5. The summed E-state index contributed by atoms with van der Waals surface area (Å²) in [5, 5.41) is 0. The molecule has 0 amide bonds. The van der Waals surface area contributed by atoms with Crippen LogP contribution in [0.2, 0.25) is 0 Å². The summed E-state index contributed by atoms with van der Waals surface area (Å²) in [6, 6.07) is 88.3. The van der Waals surface area contributed by atoms with Crippen LogP contribution in [0.25, 0.3) is 56.2 Å². The van der Waals surface area contributed by atoms with Gasteiger partial charge in [0.25, 0.3) is 0 Å². The first-order valence-electron chi connectivity index (χ1n) is 21.4. The Balaban J connectivity index is 1.07. The van der Waals surface area contributed by atoms with Crippen molar-refractivity contribution in [3.8, 4) is 56.2 Å². The summed E-state index contributed by atoms with van der Waals surface area (Å²) in [6.45, 7) is 0. The van der Waals surface area contributed by atoms with E-state index in [-0.39, 0.29) is 0 Å². The van der Waals surface area contributed by atoms with Gasteiger partial charge in [-0.3, -0.25) is 0 Å². The molecule has 0 saturated heterocycles. The van der Waals surface area contributed by atoms with Crippen LogP contribution >= 0.6 is 0 Å². The Morgan fingerprint density at radius 2 is 0.661 bits per heavy atom. The first-order valence-corrected chi connectivity index (χ1v) is 21.4. The first kappa shape index (κ1) is 36.0. The molecule has 2 unspecified atom stereocenters. The molecule has 2 nitrogen and oxygen atoms in total. The van der Waals surface area contributed by atoms with Gasteiger partial charge in [-0.2, -0.15) is 0 Å². The molecule has 1 heterocycles. The maximum atomic E-state index is 5.28. The van der Waals surface area contributed by atoms with Crippen molar-refractivity contribution in [2.45, 2.75) is 10.8 Å².